The van der Waals surface area contributed by atoms with Crippen molar-refractivity contribution < 1.29 is 9.53 Å². The van der Waals surface area contributed by atoms with Crippen LogP contribution in [0.25, 0.3) is 0 Å². The average molecular weight is 364 g/mol. The van der Waals surface area contributed by atoms with Gasteiger partial charge >= 0.3 is 0 Å². The number of halogens is 1. The summed E-state index contributed by atoms with van der Waals surface area (Å²) in [6, 6.07) is 0. The van der Waals surface area contributed by atoms with E-state index < -0.39 is 0 Å². The average Bonchev–Trinajstić information content (AvgIpc) is 2.64. The van der Waals surface area contributed by atoms with Crippen molar-refractivity contribution in [3.8, 4) is 5.75 Å². The molecule has 0 saturated carbocycles. The van der Waals surface area contributed by atoms with E-state index in [0.717, 1.165) is 25.8 Å². The minimum Gasteiger partial charge on any atom is -0.487 e. The van der Waals surface area contributed by atoms with Crippen LogP contribution in [0.4, 0.5) is 0 Å². The van der Waals surface area contributed by atoms with E-state index in [1.807, 2.05) is 7.05 Å². The molecule has 1 N–H and O–H groups in total. The molecule has 0 spiro atoms. The molecule has 1 heterocycles. The standard InChI is InChI=1S/C19H26ClN3O2/c1-4-18(23(5-2)21-3)15-9-7-6-8-14(15)13-25-19-11-22-10-17(20)16(19)12-24/h4,10-12,21H,5-9,13H2,1-3H3/b18-4-. The smallest absolute Gasteiger partial charge is 0.155 e. The van der Waals surface area contributed by atoms with Crippen LogP contribution >= 0.6 is 11.6 Å². The van der Waals surface area contributed by atoms with Gasteiger partial charge in [-0.3, -0.25) is 9.78 Å². The van der Waals surface area contributed by atoms with Crippen LogP contribution in [0.5, 0.6) is 5.75 Å². The third-order valence-corrected chi connectivity index (χ3v) is 4.77. The van der Waals surface area contributed by atoms with Crippen LogP contribution in [0.15, 0.2) is 35.3 Å². The van der Waals surface area contributed by atoms with Crippen LogP contribution in [0.3, 0.4) is 0 Å². The molecule has 0 aromatic carbocycles. The molecule has 0 atom stereocenters. The largest absolute Gasteiger partial charge is 0.487 e. The van der Waals surface area contributed by atoms with E-state index in [4.69, 9.17) is 16.3 Å². The highest BCUT2D eigenvalue weighted by Gasteiger charge is 2.20. The number of hydrazine groups is 1. The molecule has 136 valence electrons. The Morgan fingerprint density at radius 3 is 2.80 bits per heavy atom. The molecule has 1 aromatic heterocycles. The van der Waals surface area contributed by atoms with Crippen molar-refractivity contribution in [2.45, 2.75) is 39.5 Å². The molecule has 0 radical (unpaired) electrons. The Morgan fingerprint density at radius 1 is 1.40 bits per heavy atom. The fraction of sp³-hybridized carbons (Fsp3) is 0.474. The van der Waals surface area contributed by atoms with Crippen molar-refractivity contribution in [1.29, 1.82) is 0 Å². The molecule has 0 saturated heterocycles. The molecule has 0 unspecified atom stereocenters. The quantitative estimate of drug-likeness (QED) is 0.555. The number of hydrogen-bond donors (Lipinski definition) is 1. The molecule has 1 aromatic rings. The third kappa shape index (κ3) is 4.61. The lowest BCUT2D eigenvalue weighted by Crippen LogP contribution is -2.35. The van der Waals surface area contributed by atoms with Gasteiger partial charge in [0.05, 0.1) is 22.5 Å². The highest BCUT2D eigenvalue weighted by atomic mass is 35.5. The number of nitrogens with zero attached hydrogens (tertiary/aromatic N) is 2. The highest BCUT2D eigenvalue weighted by Crippen LogP contribution is 2.32. The van der Waals surface area contributed by atoms with E-state index in [1.165, 1.54) is 29.5 Å². The number of allylic oxidation sites excluding steroid dienone is 2. The van der Waals surface area contributed by atoms with Crippen molar-refractivity contribution in [3.63, 3.8) is 0 Å². The number of aromatic nitrogens is 1. The van der Waals surface area contributed by atoms with Crippen molar-refractivity contribution in [1.82, 2.24) is 15.4 Å². The van der Waals surface area contributed by atoms with E-state index in [-0.39, 0.29) is 0 Å². The second kappa shape index (κ2) is 9.59. The zero-order valence-corrected chi connectivity index (χ0v) is 15.9. The van der Waals surface area contributed by atoms with E-state index in [9.17, 15) is 4.79 Å². The molecule has 25 heavy (non-hydrogen) atoms. The maximum Gasteiger partial charge on any atom is 0.155 e. The minimum absolute atomic E-state index is 0.312. The molecular weight excluding hydrogens is 338 g/mol. The predicted molar refractivity (Wildman–Crippen MR) is 101 cm³/mol. The van der Waals surface area contributed by atoms with Gasteiger partial charge in [0.1, 0.15) is 12.4 Å². The second-order valence-electron chi connectivity index (χ2n) is 5.87. The van der Waals surface area contributed by atoms with Gasteiger partial charge in [0, 0.05) is 19.8 Å². The number of carbonyl (C=O) groups excluding carboxylic acids is 1. The highest BCUT2D eigenvalue weighted by molar-refractivity contribution is 6.33. The first-order chi connectivity index (χ1) is 12.2. The van der Waals surface area contributed by atoms with Crippen LogP contribution in [0.2, 0.25) is 5.02 Å². The topological polar surface area (TPSA) is 54.5 Å². The Bertz CT molecular complexity index is 667. The molecule has 1 aliphatic rings. The molecule has 0 fully saturated rings. The number of carbonyl (C=O) groups is 1. The van der Waals surface area contributed by atoms with Crippen LogP contribution in [0.1, 0.15) is 49.9 Å². The molecule has 0 aliphatic heterocycles. The van der Waals surface area contributed by atoms with Crippen LogP contribution in [-0.2, 0) is 0 Å². The number of hydrogen-bond acceptors (Lipinski definition) is 5. The fourth-order valence-corrected chi connectivity index (χ4v) is 3.39. The van der Waals surface area contributed by atoms with Gasteiger partial charge in [-0.25, -0.2) is 5.43 Å². The van der Waals surface area contributed by atoms with E-state index in [2.05, 4.69) is 35.3 Å². The number of aldehydes is 1. The van der Waals surface area contributed by atoms with Crippen molar-refractivity contribution in [2.24, 2.45) is 0 Å². The lowest BCUT2D eigenvalue weighted by molar-refractivity contribution is 0.112. The number of rotatable bonds is 8. The van der Waals surface area contributed by atoms with Crippen LogP contribution < -0.4 is 10.2 Å². The maximum absolute atomic E-state index is 11.3. The Hall–Kier alpha value is -1.85. The zero-order chi connectivity index (χ0) is 18.2. The van der Waals surface area contributed by atoms with Gasteiger partial charge in [-0.2, -0.15) is 0 Å². The molecule has 0 amide bonds. The molecule has 1 aliphatic carbocycles. The fourth-order valence-electron chi connectivity index (χ4n) is 3.20. The number of nitrogens with one attached hydrogen (secondary N) is 1. The summed E-state index contributed by atoms with van der Waals surface area (Å²) in [5, 5.41) is 2.45. The molecule has 0 bridgehead atoms. The first-order valence-corrected chi connectivity index (χ1v) is 9.08. The number of likely N-dealkylation sites (N-methyl/N-ethyl adjacent to an activating group) is 1. The first kappa shape index (κ1) is 19.5. The summed E-state index contributed by atoms with van der Waals surface area (Å²) in [7, 11) is 1.93. The van der Waals surface area contributed by atoms with E-state index >= 15 is 0 Å². The van der Waals surface area contributed by atoms with Gasteiger partial charge in [0.15, 0.2) is 6.29 Å². The predicted octanol–water partition coefficient (Wildman–Crippen LogP) is 4.16. The van der Waals surface area contributed by atoms with Crippen molar-refractivity contribution in [2.75, 3.05) is 20.2 Å². The van der Waals surface area contributed by atoms with Crippen molar-refractivity contribution in [3.05, 3.63) is 45.9 Å². The summed E-state index contributed by atoms with van der Waals surface area (Å²) < 4.78 is 5.92. The second-order valence-corrected chi connectivity index (χ2v) is 6.28. The monoisotopic (exact) mass is 363 g/mol. The SMILES string of the molecule is C/C=C(/C1=C(COc2cncc(Cl)c2C=O)CCCC1)N(CC)NC. The van der Waals surface area contributed by atoms with Gasteiger partial charge in [0.25, 0.3) is 0 Å². The Morgan fingerprint density at radius 2 is 2.16 bits per heavy atom. The first-order valence-electron chi connectivity index (χ1n) is 8.70. The van der Waals surface area contributed by atoms with Gasteiger partial charge in [-0.05, 0) is 50.7 Å². The summed E-state index contributed by atoms with van der Waals surface area (Å²) in [6.07, 6.45) is 10.2. The molecule has 5 nitrogen and oxygen atoms in total. The Balaban J connectivity index is 2.27. The lowest BCUT2D eigenvalue weighted by atomic mass is 9.89. The minimum atomic E-state index is 0.312. The Kier molecular flexibility index (Phi) is 7.47. The summed E-state index contributed by atoms with van der Waals surface area (Å²) in [6.45, 7) is 5.49. The summed E-state index contributed by atoms with van der Waals surface area (Å²) >= 11 is 6.02. The van der Waals surface area contributed by atoms with Crippen LogP contribution in [0, 0.1) is 0 Å². The van der Waals surface area contributed by atoms with E-state index in [0.29, 0.717) is 29.2 Å². The normalized spacial score (nSPS) is 15.3. The maximum atomic E-state index is 11.3. The van der Waals surface area contributed by atoms with Crippen LogP contribution in [-0.4, -0.2) is 36.5 Å². The zero-order valence-electron chi connectivity index (χ0n) is 15.1. The van der Waals surface area contributed by atoms with E-state index in [1.54, 1.807) is 6.20 Å². The van der Waals surface area contributed by atoms with Gasteiger partial charge in [-0.15, -0.1) is 0 Å². The number of pyridine rings is 1. The lowest BCUT2D eigenvalue weighted by Gasteiger charge is -2.30. The molecule has 2 rings (SSSR count). The van der Waals surface area contributed by atoms with Gasteiger partial charge in [-0.1, -0.05) is 17.7 Å². The third-order valence-electron chi connectivity index (χ3n) is 4.46. The van der Waals surface area contributed by atoms with Gasteiger partial charge in [0.2, 0.25) is 0 Å². The Labute approximate surface area is 154 Å². The summed E-state index contributed by atoms with van der Waals surface area (Å²) in [5.74, 6) is 0.433. The van der Waals surface area contributed by atoms with Gasteiger partial charge < -0.3 is 9.75 Å². The summed E-state index contributed by atoms with van der Waals surface area (Å²) in [5.41, 5.74) is 7.38. The molecular formula is C19H26ClN3O2. The molecule has 6 heteroatoms. The van der Waals surface area contributed by atoms with Crippen molar-refractivity contribution >= 4 is 17.9 Å². The number of ether oxygens (including phenoxy) is 1. The summed E-state index contributed by atoms with van der Waals surface area (Å²) in [4.78, 5) is 15.3.